The molecule has 162 valence electrons. The van der Waals surface area contributed by atoms with Crippen LogP contribution in [0.5, 0.6) is 0 Å². The molecule has 0 aromatic carbocycles. The van der Waals surface area contributed by atoms with E-state index >= 15 is 0 Å². The van der Waals surface area contributed by atoms with Crippen molar-refractivity contribution >= 4 is 16.6 Å². The topological polar surface area (TPSA) is 38.7 Å². The maximum atomic E-state index is 9.45. The Morgan fingerprint density at radius 2 is 1.37 bits per heavy atom. The van der Waals surface area contributed by atoms with E-state index in [1.54, 1.807) is 0 Å². The van der Waals surface area contributed by atoms with Crippen molar-refractivity contribution in [2.24, 2.45) is 11.8 Å². The van der Waals surface area contributed by atoms with Gasteiger partial charge in [-0.1, -0.05) is 67.0 Å². The fourth-order valence-electron chi connectivity index (χ4n) is 2.51. The zero-order valence-electron chi connectivity index (χ0n) is 20.5. The highest BCUT2D eigenvalue weighted by Crippen LogP contribution is 2.40. The first-order chi connectivity index (χ1) is 11.9. The van der Waals surface area contributed by atoms with Gasteiger partial charge < -0.3 is 14.0 Å². The minimum absolute atomic E-state index is 0.0946. The molecule has 0 aliphatic rings. The van der Waals surface area contributed by atoms with Crippen LogP contribution in [-0.2, 0) is 8.85 Å². The average Bonchev–Trinajstić information content (AvgIpc) is 2.47. The largest absolute Gasteiger partial charge is 0.416 e. The summed E-state index contributed by atoms with van der Waals surface area (Å²) in [4.78, 5) is 0. The molecule has 0 aliphatic carbocycles. The SMILES string of the molecule is C/C(=C/[C@H](C)[C@@H](O[Si](C)(C)C(C)(C)C)[C@@H](C)CO[Si](C)(C)C(C)(C)C)CO. The lowest BCUT2D eigenvalue weighted by Gasteiger charge is -2.43. The Labute approximate surface area is 172 Å². The summed E-state index contributed by atoms with van der Waals surface area (Å²) in [6.07, 6.45) is 2.26. The molecule has 27 heavy (non-hydrogen) atoms. The molecule has 1 N–H and O–H groups in total. The molecule has 0 bridgehead atoms. The molecule has 0 amide bonds. The molecule has 0 aliphatic heterocycles. The summed E-state index contributed by atoms with van der Waals surface area (Å²) in [5.41, 5.74) is 1.00. The first kappa shape index (κ1) is 27.1. The van der Waals surface area contributed by atoms with Gasteiger partial charge in [-0.15, -0.1) is 0 Å². The van der Waals surface area contributed by atoms with Gasteiger partial charge in [0.05, 0.1) is 12.7 Å². The van der Waals surface area contributed by atoms with Gasteiger partial charge in [-0.25, -0.2) is 0 Å². The van der Waals surface area contributed by atoms with E-state index < -0.39 is 16.6 Å². The molecule has 0 saturated heterocycles. The Kier molecular flexibility index (Phi) is 9.72. The van der Waals surface area contributed by atoms with Crippen molar-refractivity contribution in [3.63, 3.8) is 0 Å². The molecule has 0 spiro atoms. The summed E-state index contributed by atoms with van der Waals surface area (Å²) in [7, 11) is -3.68. The zero-order chi connectivity index (χ0) is 21.8. The number of aliphatic hydroxyl groups excluding tert-OH is 1. The Morgan fingerprint density at radius 1 is 0.926 bits per heavy atom. The third-order valence-electron chi connectivity index (χ3n) is 6.63. The Balaban J connectivity index is 5.52. The van der Waals surface area contributed by atoms with Crippen LogP contribution < -0.4 is 0 Å². The third kappa shape index (κ3) is 8.13. The lowest BCUT2D eigenvalue weighted by atomic mass is 9.92. The third-order valence-corrected chi connectivity index (χ3v) is 15.6. The van der Waals surface area contributed by atoms with Crippen LogP contribution in [0.4, 0.5) is 0 Å². The van der Waals surface area contributed by atoms with Crippen LogP contribution in [0.15, 0.2) is 11.6 Å². The van der Waals surface area contributed by atoms with E-state index in [1.165, 1.54) is 0 Å². The van der Waals surface area contributed by atoms with Gasteiger partial charge in [0, 0.05) is 12.5 Å². The van der Waals surface area contributed by atoms with E-state index in [0.29, 0.717) is 5.92 Å². The van der Waals surface area contributed by atoms with Gasteiger partial charge in [0.25, 0.3) is 0 Å². The lowest BCUT2D eigenvalue weighted by Crippen LogP contribution is -2.49. The van der Waals surface area contributed by atoms with Crippen molar-refractivity contribution in [3.05, 3.63) is 11.6 Å². The van der Waals surface area contributed by atoms with Gasteiger partial charge in [-0.3, -0.25) is 0 Å². The van der Waals surface area contributed by atoms with Crippen molar-refractivity contribution in [3.8, 4) is 0 Å². The van der Waals surface area contributed by atoms with E-state index in [-0.39, 0.29) is 28.7 Å². The van der Waals surface area contributed by atoms with Crippen LogP contribution in [-0.4, -0.2) is 41.1 Å². The van der Waals surface area contributed by atoms with Crippen LogP contribution in [0.2, 0.25) is 36.3 Å². The molecule has 0 unspecified atom stereocenters. The van der Waals surface area contributed by atoms with Crippen LogP contribution in [0.1, 0.15) is 62.3 Å². The fourth-order valence-corrected chi connectivity index (χ4v) is 5.10. The minimum Gasteiger partial charge on any atom is -0.416 e. The van der Waals surface area contributed by atoms with Crippen LogP contribution in [0.3, 0.4) is 0 Å². The van der Waals surface area contributed by atoms with Gasteiger partial charge >= 0.3 is 0 Å². The molecule has 0 saturated carbocycles. The highest BCUT2D eigenvalue weighted by molar-refractivity contribution is 6.74. The van der Waals surface area contributed by atoms with Crippen molar-refractivity contribution < 1.29 is 14.0 Å². The standard InChI is InChI=1S/C22H48O3Si2/c1-17(15-23)14-18(2)20(25-27(12,13)22(7,8)9)19(3)16-24-26(10,11)21(4,5)6/h14,18-20,23H,15-16H2,1-13H3/b17-14-/t18-,19-,20+/m0/s1. The minimum atomic E-state index is -1.90. The highest BCUT2D eigenvalue weighted by Gasteiger charge is 2.42. The normalized spacial score (nSPS) is 18.4. The van der Waals surface area contributed by atoms with Crippen LogP contribution in [0, 0.1) is 11.8 Å². The van der Waals surface area contributed by atoms with Crippen molar-refractivity contribution in [1.82, 2.24) is 0 Å². The molecule has 0 radical (unpaired) electrons. The molecule has 0 aromatic heterocycles. The van der Waals surface area contributed by atoms with Crippen molar-refractivity contribution in [1.29, 1.82) is 0 Å². The molecule has 5 heteroatoms. The summed E-state index contributed by atoms with van der Waals surface area (Å²) in [6.45, 7) is 30.2. The molecular formula is C22H48O3Si2. The van der Waals surface area contributed by atoms with Gasteiger partial charge in [0.2, 0.25) is 0 Å². The zero-order valence-corrected chi connectivity index (χ0v) is 22.5. The Bertz CT molecular complexity index is 485. The van der Waals surface area contributed by atoms with Gasteiger partial charge in [0.15, 0.2) is 16.6 Å². The number of hydrogen-bond acceptors (Lipinski definition) is 3. The predicted octanol–water partition coefficient (Wildman–Crippen LogP) is 6.61. The number of hydrogen-bond donors (Lipinski definition) is 1. The molecule has 0 fully saturated rings. The summed E-state index contributed by atoms with van der Waals surface area (Å²) in [6, 6.07) is 0. The molecule has 3 nitrogen and oxygen atoms in total. The first-order valence-corrected chi connectivity index (χ1v) is 16.3. The summed E-state index contributed by atoms with van der Waals surface area (Å²) in [5.74, 6) is 0.537. The summed E-state index contributed by atoms with van der Waals surface area (Å²) in [5, 5.41) is 9.82. The van der Waals surface area contributed by atoms with E-state index in [2.05, 4.69) is 87.7 Å². The molecule has 3 atom stereocenters. The Morgan fingerprint density at radius 3 is 1.74 bits per heavy atom. The van der Waals surface area contributed by atoms with Crippen molar-refractivity contribution in [2.45, 2.75) is 105 Å². The fraction of sp³-hybridized carbons (Fsp3) is 0.909. The lowest BCUT2D eigenvalue weighted by molar-refractivity contribution is 0.0622. The van der Waals surface area contributed by atoms with Gasteiger partial charge in [-0.05, 0) is 49.1 Å². The monoisotopic (exact) mass is 416 g/mol. The predicted molar refractivity (Wildman–Crippen MR) is 124 cm³/mol. The second-order valence-electron chi connectivity index (χ2n) is 11.4. The second-order valence-corrected chi connectivity index (χ2v) is 21.0. The average molecular weight is 417 g/mol. The van der Waals surface area contributed by atoms with Crippen LogP contribution >= 0.6 is 0 Å². The summed E-state index contributed by atoms with van der Waals surface area (Å²) >= 11 is 0. The molecule has 0 aromatic rings. The van der Waals surface area contributed by atoms with E-state index in [9.17, 15) is 5.11 Å². The van der Waals surface area contributed by atoms with Crippen molar-refractivity contribution in [2.75, 3.05) is 13.2 Å². The van der Waals surface area contributed by atoms with Gasteiger partial charge in [0.1, 0.15) is 0 Å². The maximum absolute atomic E-state index is 9.45. The van der Waals surface area contributed by atoms with E-state index in [4.69, 9.17) is 8.85 Å². The molecule has 0 rings (SSSR count). The number of aliphatic hydroxyl groups is 1. The van der Waals surface area contributed by atoms with Crippen LogP contribution in [0.25, 0.3) is 0 Å². The quantitative estimate of drug-likeness (QED) is 0.339. The molecule has 0 heterocycles. The van der Waals surface area contributed by atoms with E-state index in [0.717, 1.165) is 12.2 Å². The maximum Gasteiger partial charge on any atom is 0.192 e. The highest BCUT2D eigenvalue weighted by atomic mass is 28.4. The Hall–Kier alpha value is 0.0538. The molecular weight excluding hydrogens is 368 g/mol. The summed E-state index contributed by atoms with van der Waals surface area (Å²) < 4.78 is 13.4. The van der Waals surface area contributed by atoms with E-state index in [1.807, 2.05) is 6.92 Å². The smallest absolute Gasteiger partial charge is 0.192 e. The second kappa shape index (κ2) is 9.70. The van der Waals surface area contributed by atoms with Gasteiger partial charge in [-0.2, -0.15) is 0 Å². The first-order valence-electron chi connectivity index (χ1n) is 10.5. The number of rotatable bonds is 9.